The first-order chi connectivity index (χ1) is 6.70. The number of carbonyl (C=O) groups excluding carboxylic acids is 1. The smallest absolute Gasteiger partial charge is 0.328 e. The molecule has 0 unspecified atom stereocenters. The van der Waals surface area contributed by atoms with Gasteiger partial charge in [-0.05, 0) is 5.41 Å². The van der Waals surface area contributed by atoms with Crippen molar-refractivity contribution in [2.24, 2.45) is 11.1 Å². The van der Waals surface area contributed by atoms with Gasteiger partial charge >= 0.3 is 5.97 Å². The molecule has 15 heavy (non-hydrogen) atoms. The molecule has 5 N–H and O–H groups in total. The van der Waals surface area contributed by atoms with E-state index in [4.69, 9.17) is 15.9 Å². The van der Waals surface area contributed by atoms with Gasteiger partial charge in [-0.1, -0.05) is 20.8 Å². The van der Waals surface area contributed by atoms with Gasteiger partial charge in [-0.15, -0.1) is 0 Å². The lowest BCUT2D eigenvalue weighted by Gasteiger charge is -2.26. The monoisotopic (exact) mass is 218 g/mol. The van der Waals surface area contributed by atoms with E-state index in [9.17, 15) is 9.59 Å². The summed E-state index contributed by atoms with van der Waals surface area (Å²) >= 11 is 0. The van der Waals surface area contributed by atoms with Crippen LogP contribution in [0.1, 0.15) is 20.8 Å². The number of nitrogens with two attached hydrogens (primary N) is 1. The van der Waals surface area contributed by atoms with Gasteiger partial charge in [-0.2, -0.15) is 0 Å². The van der Waals surface area contributed by atoms with Crippen molar-refractivity contribution in [3.8, 4) is 0 Å². The number of hydrogen-bond acceptors (Lipinski definition) is 4. The minimum absolute atomic E-state index is 0.456. The number of aliphatic carboxylic acids is 1. The molecule has 1 amide bonds. The normalized spacial score (nSPS) is 15.5. The second-order valence-corrected chi connectivity index (χ2v) is 4.43. The predicted octanol–water partition coefficient (Wildman–Crippen LogP) is -1.08. The summed E-state index contributed by atoms with van der Waals surface area (Å²) in [5.74, 6) is -1.86. The van der Waals surface area contributed by atoms with E-state index >= 15 is 0 Å². The topological polar surface area (TPSA) is 113 Å². The molecule has 2 atom stereocenters. The highest BCUT2D eigenvalue weighted by atomic mass is 16.4. The fraction of sp³-hybridized carbons (Fsp3) is 0.778. The summed E-state index contributed by atoms with van der Waals surface area (Å²) in [6.07, 6.45) is 0. The second-order valence-electron chi connectivity index (χ2n) is 4.43. The lowest BCUT2D eigenvalue weighted by molar-refractivity contribution is -0.143. The third kappa shape index (κ3) is 4.26. The standard InChI is InChI=1S/C9H18N2O4/c1-9(2,3)6(10)7(13)11-5(4-12)8(14)15/h5-6,12H,4,10H2,1-3H3,(H,11,13)(H,14,15)/t5-,6-/m1/s1. The van der Waals surface area contributed by atoms with E-state index in [0.29, 0.717) is 0 Å². The Hall–Kier alpha value is -1.14. The van der Waals surface area contributed by atoms with Gasteiger partial charge in [0.25, 0.3) is 0 Å². The van der Waals surface area contributed by atoms with E-state index in [1.165, 1.54) is 0 Å². The molecule has 0 aliphatic heterocycles. The Morgan fingerprint density at radius 1 is 1.40 bits per heavy atom. The van der Waals surface area contributed by atoms with Crippen molar-refractivity contribution >= 4 is 11.9 Å². The summed E-state index contributed by atoms with van der Waals surface area (Å²) in [5, 5.41) is 19.4. The van der Waals surface area contributed by atoms with Gasteiger partial charge in [0.2, 0.25) is 5.91 Å². The number of nitrogens with one attached hydrogen (secondary N) is 1. The molecule has 0 bridgehead atoms. The van der Waals surface area contributed by atoms with Crippen LogP contribution in [0.4, 0.5) is 0 Å². The van der Waals surface area contributed by atoms with Crippen LogP contribution in [0.15, 0.2) is 0 Å². The Morgan fingerprint density at radius 2 is 1.87 bits per heavy atom. The zero-order valence-corrected chi connectivity index (χ0v) is 9.15. The molecule has 0 fully saturated rings. The van der Waals surface area contributed by atoms with Gasteiger partial charge in [0.1, 0.15) is 6.04 Å². The summed E-state index contributed by atoms with van der Waals surface area (Å²) in [4.78, 5) is 22.0. The molecule has 0 aromatic rings. The van der Waals surface area contributed by atoms with Crippen LogP contribution in [0.2, 0.25) is 0 Å². The molecule has 0 heterocycles. The summed E-state index contributed by atoms with van der Waals surface area (Å²) < 4.78 is 0. The second kappa shape index (κ2) is 5.09. The maximum atomic E-state index is 11.5. The molecule has 0 aliphatic carbocycles. The molecule has 0 aromatic carbocycles. The molecular weight excluding hydrogens is 200 g/mol. The minimum Gasteiger partial charge on any atom is -0.480 e. The van der Waals surface area contributed by atoms with Crippen LogP contribution in [0, 0.1) is 5.41 Å². The van der Waals surface area contributed by atoms with Crippen molar-refractivity contribution in [1.29, 1.82) is 0 Å². The third-order valence-electron chi connectivity index (χ3n) is 2.01. The summed E-state index contributed by atoms with van der Waals surface area (Å²) in [5.41, 5.74) is 5.16. The lowest BCUT2D eigenvalue weighted by Crippen LogP contribution is -2.54. The number of carboxylic acid groups (broad SMARTS) is 1. The molecule has 88 valence electrons. The van der Waals surface area contributed by atoms with Crippen LogP contribution >= 0.6 is 0 Å². The predicted molar refractivity (Wildman–Crippen MR) is 54.1 cm³/mol. The molecule has 0 saturated carbocycles. The van der Waals surface area contributed by atoms with Crippen molar-refractivity contribution in [3.63, 3.8) is 0 Å². The SMILES string of the molecule is CC(C)(C)[C@H](N)C(=O)N[C@H](CO)C(=O)O. The Kier molecular flexibility index (Phi) is 4.70. The Balaban J connectivity index is 4.42. The average molecular weight is 218 g/mol. The molecule has 0 saturated heterocycles. The van der Waals surface area contributed by atoms with Gasteiger partial charge in [-0.3, -0.25) is 4.79 Å². The highest BCUT2D eigenvalue weighted by Crippen LogP contribution is 2.17. The maximum absolute atomic E-state index is 11.5. The Morgan fingerprint density at radius 3 is 2.13 bits per heavy atom. The van der Waals surface area contributed by atoms with Crippen molar-refractivity contribution in [2.75, 3.05) is 6.61 Å². The van der Waals surface area contributed by atoms with Gasteiger partial charge in [-0.25, -0.2) is 4.79 Å². The summed E-state index contributed by atoms with van der Waals surface area (Å²) in [6, 6.07) is -2.11. The first kappa shape index (κ1) is 13.9. The third-order valence-corrected chi connectivity index (χ3v) is 2.01. The first-order valence-corrected chi connectivity index (χ1v) is 4.59. The lowest BCUT2D eigenvalue weighted by atomic mass is 9.87. The number of aliphatic hydroxyl groups is 1. The maximum Gasteiger partial charge on any atom is 0.328 e. The quantitative estimate of drug-likeness (QED) is 0.479. The van der Waals surface area contributed by atoms with Crippen LogP contribution in [-0.4, -0.2) is 40.8 Å². The molecule has 6 nitrogen and oxygen atoms in total. The number of amides is 1. The van der Waals surface area contributed by atoms with Crippen molar-refractivity contribution < 1.29 is 19.8 Å². The van der Waals surface area contributed by atoms with Crippen LogP contribution in [-0.2, 0) is 9.59 Å². The van der Waals surface area contributed by atoms with Crippen molar-refractivity contribution in [2.45, 2.75) is 32.9 Å². The number of carboxylic acids is 1. The fourth-order valence-corrected chi connectivity index (χ4v) is 0.840. The number of aliphatic hydroxyl groups excluding tert-OH is 1. The highest BCUT2D eigenvalue weighted by Gasteiger charge is 2.30. The summed E-state index contributed by atoms with van der Waals surface area (Å²) in [6.45, 7) is 4.65. The van der Waals surface area contributed by atoms with Crippen molar-refractivity contribution in [1.82, 2.24) is 5.32 Å². The zero-order valence-electron chi connectivity index (χ0n) is 9.15. The molecule has 6 heteroatoms. The largest absolute Gasteiger partial charge is 0.480 e. The minimum atomic E-state index is -1.30. The van der Waals surface area contributed by atoms with E-state index in [0.717, 1.165) is 0 Å². The Bertz CT molecular complexity index is 247. The number of rotatable bonds is 4. The van der Waals surface area contributed by atoms with Gasteiger partial charge in [0.15, 0.2) is 0 Å². The van der Waals surface area contributed by atoms with Crippen LogP contribution in [0.25, 0.3) is 0 Å². The fourth-order valence-electron chi connectivity index (χ4n) is 0.840. The molecule has 0 radical (unpaired) electrons. The molecule has 0 aliphatic rings. The van der Waals surface area contributed by atoms with E-state index in [-0.39, 0.29) is 0 Å². The van der Waals surface area contributed by atoms with E-state index in [1.54, 1.807) is 20.8 Å². The first-order valence-electron chi connectivity index (χ1n) is 4.59. The molecule has 0 spiro atoms. The average Bonchev–Trinajstić information content (AvgIpc) is 2.10. The van der Waals surface area contributed by atoms with Gasteiger partial charge < -0.3 is 21.3 Å². The van der Waals surface area contributed by atoms with Crippen molar-refractivity contribution in [3.05, 3.63) is 0 Å². The molecular formula is C9H18N2O4. The highest BCUT2D eigenvalue weighted by molar-refractivity contribution is 5.87. The molecule has 0 aromatic heterocycles. The van der Waals surface area contributed by atoms with Crippen LogP contribution in [0.3, 0.4) is 0 Å². The number of carbonyl (C=O) groups is 2. The van der Waals surface area contributed by atoms with E-state index in [2.05, 4.69) is 5.32 Å². The van der Waals surface area contributed by atoms with E-state index < -0.39 is 36.0 Å². The van der Waals surface area contributed by atoms with Crippen LogP contribution in [0.5, 0.6) is 0 Å². The van der Waals surface area contributed by atoms with Gasteiger partial charge in [0.05, 0.1) is 12.6 Å². The Labute approximate surface area is 88.5 Å². The van der Waals surface area contributed by atoms with E-state index in [1.807, 2.05) is 0 Å². The number of hydrogen-bond donors (Lipinski definition) is 4. The zero-order chi connectivity index (χ0) is 12.2. The van der Waals surface area contributed by atoms with Crippen LogP contribution < -0.4 is 11.1 Å². The summed E-state index contributed by atoms with van der Waals surface area (Å²) in [7, 11) is 0. The van der Waals surface area contributed by atoms with Gasteiger partial charge in [0, 0.05) is 0 Å². The molecule has 0 rings (SSSR count).